The second kappa shape index (κ2) is 6.89. The molecule has 2 N–H and O–H groups in total. The fourth-order valence-electron chi connectivity index (χ4n) is 3.13. The predicted octanol–water partition coefficient (Wildman–Crippen LogP) is 2.27. The number of amides is 1. The van der Waals surface area contributed by atoms with Gasteiger partial charge in [0.25, 0.3) is 0 Å². The molecule has 1 aliphatic rings. The van der Waals surface area contributed by atoms with Crippen molar-refractivity contribution >= 4 is 5.91 Å². The Hall–Kier alpha value is -1.35. The monoisotopic (exact) mass is 274 g/mol. The van der Waals surface area contributed by atoms with E-state index < -0.39 is 0 Å². The van der Waals surface area contributed by atoms with E-state index in [9.17, 15) is 4.79 Å². The van der Waals surface area contributed by atoms with Gasteiger partial charge in [0, 0.05) is 13.1 Å². The van der Waals surface area contributed by atoms with E-state index in [0.717, 1.165) is 38.9 Å². The molecule has 3 nitrogen and oxygen atoms in total. The average molecular weight is 274 g/mol. The molecule has 0 bridgehead atoms. The summed E-state index contributed by atoms with van der Waals surface area (Å²) < 4.78 is 0. The Kier molecular flexibility index (Phi) is 5.18. The Balaban J connectivity index is 1.85. The highest BCUT2D eigenvalue weighted by molar-refractivity contribution is 5.78. The maximum absolute atomic E-state index is 12.1. The molecule has 2 rings (SSSR count). The summed E-state index contributed by atoms with van der Waals surface area (Å²) in [6.45, 7) is 9.05. The van der Waals surface area contributed by atoms with E-state index in [4.69, 9.17) is 0 Å². The maximum Gasteiger partial charge on any atom is 0.224 e. The number of piperidine rings is 1. The van der Waals surface area contributed by atoms with Gasteiger partial charge >= 0.3 is 0 Å². The minimum Gasteiger partial charge on any atom is -0.355 e. The normalized spacial score (nSPS) is 18.9. The van der Waals surface area contributed by atoms with Crippen molar-refractivity contribution in [2.24, 2.45) is 5.92 Å². The molecule has 1 saturated heterocycles. The van der Waals surface area contributed by atoms with Gasteiger partial charge in [-0.25, -0.2) is 0 Å². The molecule has 3 heteroatoms. The first-order valence-electron chi connectivity index (χ1n) is 7.63. The average Bonchev–Trinajstić information content (AvgIpc) is 2.42. The van der Waals surface area contributed by atoms with Crippen LogP contribution in [0, 0.1) is 26.7 Å². The smallest absolute Gasteiger partial charge is 0.224 e. The van der Waals surface area contributed by atoms with Crippen LogP contribution in [-0.4, -0.2) is 25.5 Å². The van der Waals surface area contributed by atoms with Gasteiger partial charge in [-0.2, -0.15) is 0 Å². The summed E-state index contributed by atoms with van der Waals surface area (Å²) in [4.78, 5) is 12.1. The van der Waals surface area contributed by atoms with Crippen LogP contribution in [0.2, 0.25) is 0 Å². The highest BCUT2D eigenvalue weighted by atomic mass is 16.1. The third-order valence-electron chi connectivity index (χ3n) is 4.18. The molecular formula is C17H26N2O. The van der Waals surface area contributed by atoms with Gasteiger partial charge in [0.1, 0.15) is 0 Å². The molecule has 0 radical (unpaired) electrons. The third kappa shape index (κ3) is 3.83. The van der Waals surface area contributed by atoms with Gasteiger partial charge in [0.2, 0.25) is 5.91 Å². The maximum atomic E-state index is 12.1. The van der Waals surface area contributed by atoms with Crippen molar-refractivity contribution in [3.8, 4) is 0 Å². The van der Waals surface area contributed by atoms with Crippen LogP contribution in [0.5, 0.6) is 0 Å². The van der Waals surface area contributed by atoms with Gasteiger partial charge in [-0.3, -0.25) is 4.79 Å². The lowest BCUT2D eigenvalue weighted by molar-refractivity contribution is -0.125. The number of carbonyl (C=O) groups excluding carboxylic acids is 1. The summed E-state index contributed by atoms with van der Waals surface area (Å²) in [5.41, 5.74) is 5.34. The molecule has 110 valence electrons. The molecule has 0 spiro atoms. The van der Waals surface area contributed by atoms with Crippen molar-refractivity contribution in [2.75, 3.05) is 19.6 Å². The topological polar surface area (TPSA) is 41.1 Å². The summed E-state index contributed by atoms with van der Waals surface area (Å²) >= 11 is 0. The van der Waals surface area contributed by atoms with Crippen molar-refractivity contribution in [1.82, 2.24) is 10.6 Å². The molecule has 0 aliphatic carbocycles. The number of benzene rings is 1. The van der Waals surface area contributed by atoms with Gasteiger partial charge in [-0.1, -0.05) is 17.7 Å². The summed E-state index contributed by atoms with van der Waals surface area (Å²) in [5, 5.41) is 6.38. The van der Waals surface area contributed by atoms with E-state index in [2.05, 4.69) is 43.5 Å². The van der Waals surface area contributed by atoms with Crippen molar-refractivity contribution < 1.29 is 4.79 Å². The number of rotatable bonds is 4. The Morgan fingerprint density at radius 2 is 2.00 bits per heavy atom. The zero-order valence-electron chi connectivity index (χ0n) is 12.9. The third-order valence-corrected chi connectivity index (χ3v) is 4.18. The van der Waals surface area contributed by atoms with E-state index in [-0.39, 0.29) is 11.8 Å². The molecule has 0 saturated carbocycles. The van der Waals surface area contributed by atoms with Crippen LogP contribution >= 0.6 is 0 Å². The van der Waals surface area contributed by atoms with Crippen LogP contribution in [0.4, 0.5) is 0 Å². The second-order valence-electron chi connectivity index (χ2n) is 5.96. The van der Waals surface area contributed by atoms with Crippen molar-refractivity contribution in [3.63, 3.8) is 0 Å². The van der Waals surface area contributed by atoms with E-state index in [0.29, 0.717) is 0 Å². The summed E-state index contributed by atoms with van der Waals surface area (Å²) in [7, 11) is 0. The highest BCUT2D eigenvalue weighted by Gasteiger charge is 2.20. The lowest BCUT2D eigenvalue weighted by atomic mass is 9.96. The van der Waals surface area contributed by atoms with Gasteiger partial charge in [-0.15, -0.1) is 0 Å². The van der Waals surface area contributed by atoms with Crippen molar-refractivity contribution in [2.45, 2.75) is 40.0 Å². The standard InChI is InChI=1S/C17H26N2O/c1-12-9-13(2)16(14(3)10-12)6-8-19-17(20)15-5-4-7-18-11-15/h9-10,15,18H,4-8,11H2,1-3H3,(H,19,20). The summed E-state index contributed by atoms with van der Waals surface area (Å²) in [5.74, 6) is 0.364. The van der Waals surface area contributed by atoms with E-state index in [1.54, 1.807) is 0 Å². The Labute approximate surface area is 122 Å². The highest BCUT2D eigenvalue weighted by Crippen LogP contribution is 2.16. The number of hydrogen-bond acceptors (Lipinski definition) is 2. The Morgan fingerprint density at radius 3 is 2.60 bits per heavy atom. The molecule has 1 heterocycles. The summed E-state index contributed by atoms with van der Waals surface area (Å²) in [6.07, 6.45) is 3.04. The minimum absolute atomic E-state index is 0.156. The first kappa shape index (κ1) is 15.0. The minimum atomic E-state index is 0.156. The second-order valence-corrected chi connectivity index (χ2v) is 5.96. The largest absolute Gasteiger partial charge is 0.355 e. The fourth-order valence-corrected chi connectivity index (χ4v) is 3.13. The van der Waals surface area contributed by atoms with E-state index in [1.807, 2.05) is 0 Å². The number of aryl methyl sites for hydroxylation is 3. The predicted molar refractivity (Wildman–Crippen MR) is 83.0 cm³/mol. The van der Waals surface area contributed by atoms with E-state index >= 15 is 0 Å². The molecule has 1 aromatic rings. The van der Waals surface area contributed by atoms with Gasteiger partial charge in [0.15, 0.2) is 0 Å². The quantitative estimate of drug-likeness (QED) is 0.884. The molecule has 20 heavy (non-hydrogen) atoms. The molecule has 1 aliphatic heterocycles. The van der Waals surface area contributed by atoms with Crippen LogP contribution in [-0.2, 0) is 11.2 Å². The molecule has 1 atom stereocenters. The molecule has 1 aromatic carbocycles. The number of hydrogen-bond donors (Lipinski definition) is 2. The van der Waals surface area contributed by atoms with Crippen molar-refractivity contribution in [3.05, 3.63) is 34.4 Å². The number of carbonyl (C=O) groups is 1. The molecule has 1 amide bonds. The van der Waals surface area contributed by atoms with E-state index in [1.165, 1.54) is 22.3 Å². The Morgan fingerprint density at radius 1 is 1.30 bits per heavy atom. The lowest BCUT2D eigenvalue weighted by Gasteiger charge is -2.22. The van der Waals surface area contributed by atoms with Gasteiger partial charge < -0.3 is 10.6 Å². The summed E-state index contributed by atoms with van der Waals surface area (Å²) in [6, 6.07) is 4.43. The van der Waals surface area contributed by atoms with Crippen LogP contribution in [0.15, 0.2) is 12.1 Å². The SMILES string of the molecule is Cc1cc(C)c(CCNC(=O)C2CCCNC2)c(C)c1. The van der Waals surface area contributed by atoms with Gasteiger partial charge in [-0.05, 0) is 63.3 Å². The van der Waals surface area contributed by atoms with Crippen LogP contribution < -0.4 is 10.6 Å². The van der Waals surface area contributed by atoms with Gasteiger partial charge in [0.05, 0.1) is 5.92 Å². The van der Waals surface area contributed by atoms with Crippen LogP contribution in [0.25, 0.3) is 0 Å². The zero-order chi connectivity index (χ0) is 14.5. The van der Waals surface area contributed by atoms with Crippen LogP contribution in [0.3, 0.4) is 0 Å². The molecular weight excluding hydrogens is 248 g/mol. The zero-order valence-corrected chi connectivity index (χ0v) is 12.9. The molecule has 0 aromatic heterocycles. The van der Waals surface area contributed by atoms with Crippen LogP contribution in [0.1, 0.15) is 35.1 Å². The fraction of sp³-hybridized carbons (Fsp3) is 0.588. The Bertz CT molecular complexity index is 453. The molecule has 1 unspecified atom stereocenters. The lowest BCUT2D eigenvalue weighted by Crippen LogP contribution is -2.41. The number of nitrogens with one attached hydrogen (secondary N) is 2. The first-order chi connectivity index (χ1) is 9.58. The van der Waals surface area contributed by atoms with Crippen molar-refractivity contribution in [1.29, 1.82) is 0 Å². The first-order valence-corrected chi connectivity index (χ1v) is 7.63. The molecule has 1 fully saturated rings.